The second-order valence-corrected chi connectivity index (χ2v) is 7.35. The van der Waals surface area contributed by atoms with E-state index >= 15 is 0 Å². The summed E-state index contributed by atoms with van der Waals surface area (Å²) >= 11 is 7.00. The van der Waals surface area contributed by atoms with Crippen LogP contribution in [-0.2, 0) is 12.8 Å². The average molecular weight is 348 g/mol. The van der Waals surface area contributed by atoms with Crippen LogP contribution in [0.3, 0.4) is 0 Å². The summed E-state index contributed by atoms with van der Waals surface area (Å²) in [4.78, 5) is 6.43. The first-order chi connectivity index (χ1) is 11.1. The van der Waals surface area contributed by atoms with Crippen molar-refractivity contribution in [2.45, 2.75) is 32.2 Å². The number of anilines is 1. The predicted molar refractivity (Wildman–Crippen MR) is 94.0 cm³/mol. The maximum Gasteiger partial charge on any atom is 0.135 e. The summed E-state index contributed by atoms with van der Waals surface area (Å²) in [7, 11) is 0. The first kappa shape index (κ1) is 14.9. The normalized spacial score (nSPS) is 19.7. The van der Waals surface area contributed by atoms with E-state index in [2.05, 4.69) is 10.3 Å². The zero-order valence-electron chi connectivity index (χ0n) is 12.5. The molecule has 1 N–H and O–H groups in total. The number of fused-ring (bicyclic) bond motifs is 3. The Bertz CT molecular complexity index is 834. The Morgan fingerprint density at radius 2 is 1.96 bits per heavy atom. The highest BCUT2D eigenvalue weighted by Gasteiger charge is 2.31. The van der Waals surface area contributed by atoms with Gasteiger partial charge in [-0.2, -0.15) is 0 Å². The molecule has 2 aliphatic rings. The molecule has 1 aromatic carbocycles. The summed E-state index contributed by atoms with van der Waals surface area (Å²) in [6.45, 7) is 1.84. The summed E-state index contributed by atoms with van der Waals surface area (Å²) in [6, 6.07) is 3.59. The van der Waals surface area contributed by atoms with Crippen LogP contribution in [0, 0.1) is 11.6 Å². The number of hydrogen-bond acceptors (Lipinski definition) is 3. The summed E-state index contributed by atoms with van der Waals surface area (Å²) in [5.41, 5.74) is 2.32. The molecule has 0 spiro atoms. The number of nitrogens with zero attached hydrogens (tertiary/aromatic N) is 1. The van der Waals surface area contributed by atoms with Crippen LogP contribution < -0.4 is 5.32 Å². The van der Waals surface area contributed by atoms with Crippen molar-refractivity contribution in [3.8, 4) is 0 Å². The smallest absolute Gasteiger partial charge is 0.135 e. The van der Waals surface area contributed by atoms with Gasteiger partial charge in [-0.15, -0.1) is 11.3 Å². The van der Waals surface area contributed by atoms with Crippen molar-refractivity contribution >= 4 is 39.3 Å². The maximum atomic E-state index is 14.4. The van der Waals surface area contributed by atoms with E-state index in [1.165, 1.54) is 23.1 Å². The summed E-state index contributed by atoms with van der Waals surface area (Å²) in [5, 5.41) is 4.10. The monoisotopic (exact) mass is 348 g/mol. The second-order valence-electron chi connectivity index (χ2n) is 5.80. The number of hydrogen-bond donors (Lipinski definition) is 1. The van der Waals surface area contributed by atoms with Crippen molar-refractivity contribution in [1.82, 2.24) is 0 Å². The van der Waals surface area contributed by atoms with E-state index < -0.39 is 11.6 Å². The molecule has 0 unspecified atom stereocenters. The zero-order chi connectivity index (χ0) is 16.1. The average Bonchev–Trinajstić information content (AvgIpc) is 3.03. The Balaban J connectivity index is 2.02. The van der Waals surface area contributed by atoms with E-state index in [1.807, 2.05) is 6.92 Å². The minimum absolute atomic E-state index is 0.0559. The third-order valence-electron chi connectivity index (χ3n) is 4.30. The van der Waals surface area contributed by atoms with E-state index in [1.54, 1.807) is 11.3 Å². The molecule has 2 nitrogen and oxygen atoms in total. The van der Waals surface area contributed by atoms with Gasteiger partial charge in [-0.1, -0.05) is 18.3 Å². The Kier molecular flexibility index (Phi) is 3.54. The van der Waals surface area contributed by atoms with Crippen LogP contribution in [0.15, 0.2) is 23.2 Å². The number of benzene rings is 1. The molecule has 0 amide bonds. The van der Waals surface area contributed by atoms with Crippen LogP contribution in [-0.4, -0.2) is 16.7 Å². The molecule has 6 heteroatoms. The lowest BCUT2D eigenvalue weighted by atomic mass is 9.98. The van der Waals surface area contributed by atoms with Gasteiger partial charge < -0.3 is 5.32 Å². The molecule has 1 aromatic heterocycles. The first-order valence-corrected chi connectivity index (χ1v) is 8.76. The largest absolute Gasteiger partial charge is 0.339 e. The molecule has 0 fully saturated rings. The molecule has 118 valence electrons. The van der Waals surface area contributed by atoms with Gasteiger partial charge in [0.2, 0.25) is 0 Å². The fourth-order valence-corrected chi connectivity index (χ4v) is 4.71. The van der Waals surface area contributed by atoms with Gasteiger partial charge >= 0.3 is 0 Å². The number of rotatable bonds is 1. The van der Waals surface area contributed by atoms with E-state index in [0.29, 0.717) is 10.7 Å². The number of thiocarbonyl (C=S) groups is 1. The van der Waals surface area contributed by atoms with E-state index in [9.17, 15) is 8.78 Å². The van der Waals surface area contributed by atoms with Crippen LogP contribution in [0.1, 0.15) is 34.9 Å². The molecule has 1 aliphatic carbocycles. The molecule has 0 saturated carbocycles. The highest BCUT2D eigenvalue weighted by atomic mass is 32.1. The number of nitrogens with one attached hydrogen (secondary N) is 1. The highest BCUT2D eigenvalue weighted by molar-refractivity contribution is 7.80. The molecule has 2 heterocycles. The Morgan fingerprint density at radius 1 is 1.22 bits per heavy atom. The van der Waals surface area contributed by atoms with Crippen molar-refractivity contribution in [2.24, 2.45) is 4.99 Å². The minimum atomic E-state index is -0.590. The third-order valence-corrected chi connectivity index (χ3v) is 5.95. The van der Waals surface area contributed by atoms with Gasteiger partial charge in [0.25, 0.3) is 0 Å². The molecule has 0 bridgehead atoms. The van der Waals surface area contributed by atoms with Crippen molar-refractivity contribution in [3.63, 3.8) is 0 Å². The first-order valence-electron chi connectivity index (χ1n) is 7.54. The lowest BCUT2D eigenvalue weighted by Crippen LogP contribution is -2.20. The van der Waals surface area contributed by atoms with Crippen LogP contribution in [0.5, 0.6) is 0 Å². The van der Waals surface area contributed by atoms with E-state index in [0.717, 1.165) is 35.4 Å². The Hall–Kier alpha value is -1.66. The van der Waals surface area contributed by atoms with Crippen molar-refractivity contribution in [3.05, 3.63) is 51.4 Å². The molecular formula is C17H14F2N2S2. The molecule has 0 saturated heterocycles. The van der Waals surface area contributed by atoms with Gasteiger partial charge in [0.1, 0.15) is 21.6 Å². The minimum Gasteiger partial charge on any atom is -0.339 e. The van der Waals surface area contributed by atoms with Gasteiger partial charge in [-0.05, 0) is 43.9 Å². The summed E-state index contributed by atoms with van der Waals surface area (Å²) in [6.07, 6.45) is 2.99. The van der Waals surface area contributed by atoms with Crippen LogP contribution >= 0.6 is 23.6 Å². The van der Waals surface area contributed by atoms with Gasteiger partial charge in [0.05, 0.1) is 17.3 Å². The van der Waals surface area contributed by atoms with E-state index in [-0.39, 0.29) is 11.6 Å². The summed E-state index contributed by atoms with van der Waals surface area (Å²) in [5.74, 6) is -1.18. The SMILES string of the molecule is C[C@@H]1N=C(c2c(F)cccc2F)c2c(sc3c2CCC3)NC1=S. The Morgan fingerprint density at radius 3 is 2.70 bits per heavy atom. The quantitative estimate of drug-likeness (QED) is 0.768. The van der Waals surface area contributed by atoms with Crippen molar-refractivity contribution in [2.75, 3.05) is 5.32 Å². The highest BCUT2D eigenvalue weighted by Crippen LogP contribution is 2.42. The second kappa shape index (κ2) is 5.46. The fraction of sp³-hybridized carbons (Fsp3) is 0.294. The Labute approximate surface area is 142 Å². The van der Waals surface area contributed by atoms with Crippen molar-refractivity contribution < 1.29 is 8.78 Å². The lowest BCUT2D eigenvalue weighted by Gasteiger charge is -2.11. The number of aliphatic imine (C=N–C) groups is 1. The maximum absolute atomic E-state index is 14.4. The molecule has 0 radical (unpaired) electrons. The summed E-state index contributed by atoms with van der Waals surface area (Å²) < 4.78 is 28.7. The number of thiophene rings is 1. The number of halogens is 2. The molecule has 4 rings (SSSR count). The third kappa shape index (κ3) is 2.32. The van der Waals surface area contributed by atoms with Crippen LogP contribution in [0.4, 0.5) is 13.8 Å². The molecule has 23 heavy (non-hydrogen) atoms. The van der Waals surface area contributed by atoms with Gasteiger partial charge in [-0.25, -0.2) is 8.78 Å². The molecule has 1 aliphatic heterocycles. The lowest BCUT2D eigenvalue weighted by molar-refractivity contribution is 0.579. The zero-order valence-corrected chi connectivity index (χ0v) is 14.1. The fourth-order valence-electron chi connectivity index (χ4n) is 3.19. The predicted octanol–water partition coefficient (Wildman–Crippen LogP) is 4.49. The molecule has 2 aromatic rings. The number of aryl methyl sites for hydroxylation is 1. The van der Waals surface area contributed by atoms with Gasteiger partial charge in [0.15, 0.2) is 0 Å². The molecular weight excluding hydrogens is 334 g/mol. The van der Waals surface area contributed by atoms with Gasteiger partial charge in [-0.3, -0.25) is 4.99 Å². The van der Waals surface area contributed by atoms with Crippen molar-refractivity contribution in [1.29, 1.82) is 0 Å². The standard InChI is InChI=1S/C17H14F2N2S2/c1-8-16(22)21-17-13(9-4-2-7-12(9)23-17)15(20-8)14-10(18)5-3-6-11(14)19/h3,5-6,8H,2,4,7H2,1H3,(H,21,22)/t8-/m0/s1. The topological polar surface area (TPSA) is 24.4 Å². The van der Waals surface area contributed by atoms with Crippen LogP contribution in [0.2, 0.25) is 0 Å². The van der Waals surface area contributed by atoms with Gasteiger partial charge in [0, 0.05) is 10.4 Å². The van der Waals surface area contributed by atoms with Crippen LogP contribution in [0.25, 0.3) is 0 Å². The van der Waals surface area contributed by atoms with E-state index in [4.69, 9.17) is 12.2 Å². The molecule has 1 atom stereocenters.